The van der Waals surface area contributed by atoms with Gasteiger partial charge in [0.2, 0.25) is 5.78 Å². The number of halogens is 5. The monoisotopic (exact) mass is 478 g/mol. The lowest BCUT2D eigenvalue weighted by molar-refractivity contribution is -0.168. The van der Waals surface area contributed by atoms with Crippen LogP contribution in [-0.2, 0) is 17.9 Å². The molecule has 5 nitrogen and oxygen atoms in total. The number of ketones is 1. The predicted molar refractivity (Wildman–Crippen MR) is 103 cm³/mol. The summed E-state index contributed by atoms with van der Waals surface area (Å²) >= 11 is 3.28. The van der Waals surface area contributed by atoms with E-state index < -0.39 is 19.0 Å². The largest absolute Gasteiger partial charge is 0.496 e. The third-order valence-corrected chi connectivity index (χ3v) is 4.51. The van der Waals surface area contributed by atoms with Crippen LogP contribution in [0.25, 0.3) is 6.08 Å². The number of allylic oxidation sites excluding steroid dienone is 1. The van der Waals surface area contributed by atoms with E-state index in [1.54, 1.807) is 29.0 Å². The number of methoxy groups -OCH3 is 1. The second kappa shape index (κ2) is 10.0. The van der Waals surface area contributed by atoms with Gasteiger partial charge in [0.1, 0.15) is 18.1 Å². The number of alkyl halides is 4. The number of carbonyl (C=O) groups is 1. The van der Waals surface area contributed by atoms with Gasteiger partial charge >= 0.3 is 12.3 Å². The maximum Gasteiger partial charge on any atom is 0.330 e. The Hall–Kier alpha value is -2.20. The molecule has 0 spiro atoms. The molecule has 0 aliphatic carbocycles. The van der Waals surface area contributed by atoms with Crippen molar-refractivity contribution in [3.05, 3.63) is 51.8 Å². The minimum Gasteiger partial charge on any atom is -0.496 e. The average Bonchev–Trinajstić information content (AvgIpc) is 3.06. The van der Waals surface area contributed by atoms with Crippen LogP contribution in [-0.4, -0.2) is 41.6 Å². The van der Waals surface area contributed by atoms with Gasteiger partial charge < -0.3 is 9.47 Å². The number of nitrogens with zero attached hydrogens (tertiary/aromatic N) is 2. The van der Waals surface area contributed by atoms with Crippen LogP contribution in [0.3, 0.4) is 0 Å². The first-order valence-electron chi connectivity index (χ1n) is 8.54. The lowest BCUT2D eigenvalue weighted by atomic mass is 10.1. The van der Waals surface area contributed by atoms with Gasteiger partial charge in [0.15, 0.2) is 0 Å². The van der Waals surface area contributed by atoms with Crippen molar-refractivity contribution >= 4 is 27.8 Å². The minimum absolute atomic E-state index is 0.276. The predicted octanol–water partition coefficient (Wildman–Crippen LogP) is 4.99. The molecule has 0 N–H and O–H groups in total. The van der Waals surface area contributed by atoms with Gasteiger partial charge in [-0.1, -0.05) is 12.1 Å². The van der Waals surface area contributed by atoms with Crippen LogP contribution >= 0.6 is 15.9 Å². The van der Waals surface area contributed by atoms with Crippen molar-refractivity contribution in [1.29, 1.82) is 0 Å². The summed E-state index contributed by atoms with van der Waals surface area (Å²) in [7, 11) is 1.38. The SMILES string of the molecule is CCn1ncc(Br)c1C(=O)/C=C/c1ccc(OC)c(COCC(F)(F)C(F)F)c1. The number of aromatic nitrogens is 2. The van der Waals surface area contributed by atoms with Crippen LogP contribution in [0.5, 0.6) is 5.75 Å². The molecule has 0 amide bonds. The lowest BCUT2D eigenvalue weighted by Gasteiger charge is -2.16. The summed E-state index contributed by atoms with van der Waals surface area (Å²) in [6.07, 6.45) is 0.618. The molecule has 10 heteroatoms. The third-order valence-electron chi connectivity index (χ3n) is 3.93. The summed E-state index contributed by atoms with van der Waals surface area (Å²) in [5.41, 5.74) is 1.36. The highest BCUT2D eigenvalue weighted by Gasteiger charge is 2.41. The highest BCUT2D eigenvalue weighted by Crippen LogP contribution is 2.26. The number of carbonyl (C=O) groups excluding carboxylic acids is 1. The number of benzene rings is 1. The van der Waals surface area contributed by atoms with Crippen molar-refractivity contribution in [3.8, 4) is 5.75 Å². The first-order valence-corrected chi connectivity index (χ1v) is 9.33. The summed E-state index contributed by atoms with van der Waals surface area (Å²) < 4.78 is 62.4. The maximum absolute atomic E-state index is 13.0. The highest BCUT2D eigenvalue weighted by atomic mass is 79.9. The molecule has 0 bridgehead atoms. The molecule has 0 atom stereocenters. The van der Waals surface area contributed by atoms with Crippen molar-refractivity contribution < 1.29 is 31.8 Å². The van der Waals surface area contributed by atoms with Gasteiger partial charge in [-0.25, -0.2) is 8.78 Å². The zero-order valence-corrected chi connectivity index (χ0v) is 17.3. The second-order valence-corrected chi connectivity index (χ2v) is 6.83. The number of rotatable bonds is 10. The van der Waals surface area contributed by atoms with Gasteiger partial charge in [-0.15, -0.1) is 0 Å². The van der Waals surface area contributed by atoms with E-state index in [1.165, 1.54) is 19.4 Å². The Balaban J connectivity index is 2.14. The fraction of sp³-hybridized carbons (Fsp3) is 0.368. The van der Waals surface area contributed by atoms with Crippen LogP contribution < -0.4 is 4.74 Å². The Morgan fingerprint density at radius 2 is 2.10 bits per heavy atom. The third kappa shape index (κ3) is 5.89. The molecule has 0 saturated carbocycles. The molecule has 1 aromatic carbocycles. The Bertz CT molecular complexity index is 884. The van der Waals surface area contributed by atoms with Gasteiger partial charge in [0.05, 0.1) is 24.4 Å². The topological polar surface area (TPSA) is 53.4 Å². The number of aryl methyl sites for hydroxylation is 1. The van der Waals surface area contributed by atoms with E-state index in [1.807, 2.05) is 6.92 Å². The van der Waals surface area contributed by atoms with Crippen molar-refractivity contribution in [2.45, 2.75) is 32.4 Å². The van der Waals surface area contributed by atoms with Crippen molar-refractivity contribution in [3.63, 3.8) is 0 Å². The van der Waals surface area contributed by atoms with E-state index in [0.717, 1.165) is 0 Å². The molecule has 2 rings (SSSR count). The molecule has 1 aromatic heterocycles. The standard InChI is InChI=1S/C19H19BrF4N2O3/c1-3-26-17(14(20)9-25-26)15(27)6-4-12-5-7-16(28-2)13(8-12)10-29-11-19(23,24)18(21)22/h4-9,18H,3,10-11H2,1-2H3/b6-4+. The first-order chi connectivity index (χ1) is 13.7. The summed E-state index contributed by atoms with van der Waals surface area (Å²) in [6.45, 7) is 0.609. The molecular formula is C19H19BrF4N2O3. The molecule has 2 aromatic rings. The number of hydrogen-bond acceptors (Lipinski definition) is 4. The quantitative estimate of drug-likeness (QED) is 0.274. The van der Waals surface area contributed by atoms with E-state index in [0.29, 0.717) is 33.6 Å². The summed E-state index contributed by atoms with van der Waals surface area (Å²) in [6, 6.07) is 4.79. The number of ether oxygens (including phenoxy) is 2. The van der Waals surface area contributed by atoms with E-state index in [2.05, 4.69) is 21.0 Å². The van der Waals surface area contributed by atoms with Crippen LogP contribution in [0, 0.1) is 0 Å². The second-order valence-electron chi connectivity index (χ2n) is 5.98. The van der Waals surface area contributed by atoms with Crippen LogP contribution in [0.4, 0.5) is 17.6 Å². The zero-order valence-electron chi connectivity index (χ0n) is 15.7. The fourth-order valence-electron chi connectivity index (χ4n) is 2.47. The highest BCUT2D eigenvalue weighted by molar-refractivity contribution is 9.10. The Morgan fingerprint density at radius 3 is 2.72 bits per heavy atom. The van der Waals surface area contributed by atoms with E-state index >= 15 is 0 Å². The van der Waals surface area contributed by atoms with Crippen LogP contribution in [0.15, 0.2) is 34.9 Å². The molecule has 158 valence electrons. The first kappa shape index (κ1) is 23.1. The Kier molecular flexibility index (Phi) is 7.97. The average molecular weight is 479 g/mol. The fourth-order valence-corrected chi connectivity index (χ4v) is 2.96. The maximum atomic E-state index is 13.0. The molecule has 29 heavy (non-hydrogen) atoms. The van der Waals surface area contributed by atoms with Crippen molar-refractivity contribution in [2.24, 2.45) is 0 Å². The summed E-state index contributed by atoms with van der Waals surface area (Å²) in [5.74, 6) is -4.16. The molecule has 0 unspecified atom stereocenters. The number of hydrogen-bond donors (Lipinski definition) is 0. The van der Waals surface area contributed by atoms with E-state index in [4.69, 9.17) is 9.47 Å². The lowest BCUT2D eigenvalue weighted by Crippen LogP contribution is -2.32. The van der Waals surface area contributed by atoms with Crippen molar-refractivity contribution in [1.82, 2.24) is 9.78 Å². The van der Waals surface area contributed by atoms with Gasteiger partial charge in [0, 0.05) is 12.1 Å². The Labute approximate surface area is 173 Å². The summed E-state index contributed by atoms with van der Waals surface area (Å²) in [5, 5.41) is 4.08. The molecule has 0 aliphatic heterocycles. The zero-order chi connectivity index (χ0) is 21.6. The molecule has 1 heterocycles. The van der Waals surface area contributed by atoms with E-state index in [-0.39, 0.29) is 12.4 Å². The molecule has 0 fully saturated rings. The molecule has 0 aliphatic rings. The van der Waals surface area contributed by atoms with E-state index in [9.17, 15) is 22.4 Å². The van der Waals surface area contributed by atoms with Crippen molar-refractivity contribution in [2.75, 3.05) is 13.7 Å². The normalized spacial score (nSPS) is 12.1. The molecule has 0 saturated heterocycles. The summed E-state index contributed by atoms with van der Waals surface area (Å²) in [4.78, 5) is 12.5. The molecule has 0 radical (unpaired) electrons. The van der Waals surface area contributed by atoms with Crippen LogP contribution in [0.1, 0.15) is 28.5 Å². The van der Waals surface area contributed by atoms with Gasteiger partial charge in [-0.05, 0) is 46.6 Å². The molecular weight excluding hydrogens is 460 g/mol. The minimum atomic E-state index is -4.23. The Morgan fingerprint density at radius 1 is 1.38 bits per heavy atom. The van der Waals surface area contributed by atoms with Gasteiger partial charge in [-0.2, -0.15) is 13.9 Å². The van der Waals surface area contributed by atoms with Gasteiger partial charge in [-0.3, -0.25) is 9.48 Å². The smallest absolute Gasteiger partial charge is 0.330 e. The van der Waals surface area contributed by atoms with Crippen LogP contribution in [0.2, 0.25) is 0 Å². The van der Waals surface area contributed by atoms with Gasteiger partial charge in [0.25, 0.3) is 0 Å².